The molecule has 4 rings (SSSR count). The highest BCUT2D eigenvalue weighted by Crippen LogP contribution is 2.43. The SMILES string of the molecule is CC(=O)Nc1ncc(CN2CCC3(CC2)CC(=O)N(Cc2ccc(C(F)(F)F)nc2)C3=O)s1. The Morgan fingerprint density at radius 2 is 1.88 bits per heavy atom. The van der Waals surface area contributed by atoms with E-state index in [1.54, 1.807) is 6.20 Å². The van der Waals surface area contributed by atoms with Crippen LogP contribution in [-0.2, 0) is 33.6 Å². The number of amides is 3. The van der Waals surface area contributed by atoms with Crippen LogP contribution in [0.5, 0.6) is 0 Å². The Bertz CT molecular complexity index is 1060. The van der Waals surface area contributed by atoms with Gasteiger partial charge in [0, 0.05) is 37.2 Å². The summed E-state index contributed by atoms with van der Waals surface area (Å²) in [7, 11) is 0. The fourth-order valence-corrected chi connectivity index (χ4v) is 5.13. The van der Waals surface area contributed by atoms with Gasteiger partial charge in [0.15, 0.2) is 5.13 Å². The van der Waals surface area contributed by atoms with Crippen molar-refractivity contribution in [3.05, 3.63) is 40.7 Å². The highest BCUT2D eigenvalue weighted by Gasteiger charge is 2.52. The Labute approximate surface area is 191 Å². The largest absolute Gasteiger partial charge is 0.433 e. The van der Waals surface area contributed by atoms with Gasteiger partial charge in [-0.05, 0) is 37.6 Å². The van der Waals surface area contributed by atoms with Crippen molar-refractivity contribution in [2.75, 3.05) is 18.4 Å². The molecule has 0 unspecified atom stereocenters. The summed E-state index contributed by atoms with van der Waals surface area (Å²) >= 11 is 1.39. The van der Waals surface area contributed by atoms with Crippen LogP contribution >= 0.6 is 11.3 Å². The predicted molar refractivity (Wildman–Crippen MR) is 113 cm³/mol. The van der Waals surface area contributed by atoms with Crippen molar-refractivity contribution in [3.8, 4) is 0 Å². The van der Waals surface area contributed by atoms with E-state index in [-0.39, 0.29) is 30.7 Å². The van der Waals surface area contributed by atoms with Crippen LogP contribution in [0.25, 0.3) is 0 Å². The summed E-state index contributed by atoms with van der Waals surface area (Å²) in [6, 6.07) is 2.10. The fraction of sp³-hybridized carbons (Fsp3) is 0.476. The van der Waals surface area contributed by atoms with Crippen molar-refractivity contribution < 1.29 is 27.6 Å². The minimum atomic E-state index is -4.54. The number of pyridine rings is 1. The third-order valence-corrected chi connectivity index (χ3v) is 6.87. The average molecular weight is 482 g/mol. The summed E-state index contributed by atoms with van der Waals surface area (Å²) in [5.41, 5.74) is -1.40. The number of nitrogens with one attached hydrogen (secondary N) is 1. The molecule has 33 heavy (non-hydrogen) atoms. The molecule has 8 nitrogen and oxygen atoms in total. The summed E-state index contributed by atoms with van der Waals surface area (Å²) in [5.74, 6) is -0.759. The molecule has 2 fully saturated rings. The molecule has 0 aliphatic carbocycles. The van der Waals surface area contributed by atoms with E-state index in [1.165, 1.54) is 24.3 Å². The molecular weight excluding hydrogens is 459 g/mol. The Morgan fingerprint density at radius 3 is 2.48 bits per heavy atom. The molecule has 2 aromatic heterocycles. The van der Waals surface area contributed by atoms with E-state index >= 15 is 0 Å². The molecule has 0 radical (unpaired) electrons. The lowest BCUT2D eigenvalue weighted by Gasteiger charge is -2.37. The number of anilines is 1. The second-order valence-electron chi connectivity index (χ2n) is 8.38. The second kappa shape index (κ2) is 8.82. The Balaban J connectivity index is 1.35. The molecule has 2 aliphatic rings. The van der Waals surface area contributed by atoms with E-state index in [4.69, 9.17) is 0 Å². The normalized spacial score (nSPS) is 18.8. The number of nitrogens with zero attached hydrogens (tertiary/aromatic N) is 4. The van der Waals surface area contributed by atoms with Crippen molar-refractivity contribution in [1.29, 1.82) is 0 Å². The van der Waals surface area contributed by atoms with Gasteiger partial charge in [-0.1, -0.05) is 6.07 Å². The van der Waals surface area contributed by atoms with Gasteiger partial charge in [-0.15, -0.1) is 11.3 Å². The van der Waals surface area contributed by atoms with Gasteiger partial charge in [0.1, 0.15) is 5.69 Å². The Hall–Kier alpha value is -2.86. The maximum absolute atomic E-state index is 13.1. The number of piperidine rings is 1. The maximum atomic E-state index is 13.1. The van der Waals surface area contributed by atoms with Crippen LogP contribution < -0.4 is 5.32 Å². The maximum Gasteiger partial charge on any atom is 0.433 e. The molecule has 176 valence electrons. The van der Waals surface area contributed by atoms with Crippen molar-refractivity contribution >= 4 is 34.2 Å². The number of hydrogen-bond donors (Lipinski definition) is 1. The number of hydrogen-bond acceptors (Lipinski definition) is 7. The number of carbonyl (C=O) groups excluding carboxylic acids is 3. The van der Waals surface area contributed by atoms with Gasteiger partial charge in [-0.3, -0.25) is 29.2 Å². The van der Waals surface area contributed by atoms with Crippen LogP contribution in [0, 0.1) is 5.41 Å². The molecule has 0 atom stereocenters. The number of alkyl halides is 3. The first-order valence-corrected chi connectivity index (χ1v) is 11.2. The Kier molecular flexibility index (Phi) is 6.23. The summed E-state index contributed by atoms with van der Waals surface area (Å²) < 4.78 is 38.1. The first kappa shape index (κ1) is 23.3. The zero-order valence-corrected chi connectivity index (χ0v) is 18.6. The molecule has 0 bridgehead atoms. The summed E-state index contributed by atoms with van der Waals surface area (Å²) in [4.78, 5) is 48.8. The van der Waals surface area contributed by atoms with Crippen molar-refractivity contribution in [1.82, 2.24) is 19.8 Å². The minimum absolute atomic E-state index is 0.0823. The predicted octanol–water partition coefficient (Wildman–Crippen LogP) is 3.06. The van der Waals surface area contributed by atoms with Gasteiger partial charge in [0.25, 0.3) is 0 Å². The first-order valence-electron chi connectivity index (χ1n) is 10.4. The van der Waals surface area contributed by atoms with E-state index in [1.807, 2.05) is 0 Å². The van der Waals surface area contributed by atoms with Crippen LogP contribution in [0.2, 0.25) is 0 Å². The number of aromatic nitrogens is 2. The van der Waals surface area contributed by atoms with E-state index in [9.17, 15) is 27.6 Å². The third kappa shape index (κ3) is 5.06. The van der Waals surface area contributed by atoms with Crippen molar-refractivity contribution in [2.24, 2.45) is 5.41 Å². The third-order valence-electron chi connectivity index (χ3n) is 5.97. The van der Waals surface area contributed by atoms with E-state index in [0.717, 1.165) is 22.0 Å². The van der Waals surface area contributed by atoms with E-state index < -0.39 is 17.3 Å². The minimum Gasteiger partial charge on any atom is -0.302 e. The van der Waals surface area contributed by atoms with Crippen LogP contribution in [-0.4, -0.2) is 50.6 Å². The summed E-state index contributed by atoms with van der Waals surface area (Å²) in [6.45, 7) is 3.23. The molecule has 2 aliphatic heterocycles. The molecule has 2 saturated heterocycles. The fourth-order valence-electron chi connectivity index (χ4n) is 4.23. The standard InChI is InChI=1S/C21H22F3N5O3S/c1-13(30)27-19-26-10-15(33-19)12-28-6-4-20(5-7-28)8-17(31)29(18(20)32)11-14-2-3-16(25-9-14)21(22,23)24/h2-3,9-10H,4-8,11-12H2,1H3,(H,26,27,30). The number of imide groups is 1. The second-order valence-corrected chi connectivity index (χ2v) is 9.50. The van der Waals surface area contributed by atoms with Gasteiger partial charge in [-0.2, -0.15) is 13.2 Å². The lowest BCUT2D eigenvalue weighted by molar-refractivity contribution is -0.144. The van der Waals surface area contributed by atoms with Gasteiger partial charge in [0.2, 0.25) is 17.7 Å². The summed E-state index contributed by atoms with van der Waals surface area (Å²) in [6.07, 6.45) is -0.611. The lowest BCUT2D eigenvalue weighted by atomic mass is 9.77. The average Bonchev–Trinajstić information content (AvgIpc) is 3.26. The number of carbonyl (C=O) groups is 3. The first-order chi connectivity index (χ1) is 15.6. The molecular formula is C21H22F3N5O3S. The topological polar surface area (TPSA) is 95.5 Å². The zero-order chi connectivity index (χ0) is 23.8. The molecule has 3 amide bonds. The number of rotatable bonds is 5. The highest BCUT2D eigenvalue weighted by atomic mass is 32.1. The van der Waals surface area contributed by atoms with Crippen LogP contribution in [0.1, 0.15) is 42.3 Å². The molecule has 2 aromatic rings. The van der Waals surface area contributed by atoms with Gasteiger partial charge >= 0.3 is 6.18 Å². The van der Waals surface area contributed by atoms with E-state index in [0.29, 0.717) is 43.2 Å². The zero-order valence-electron chi connectivity index (χ0n) is 17.8. The van der Waals surface area contributed by atoms with Crippen LogP contribution in [0.4, 0.5) is 18.3 Å². The van der Waals surface area contributed by atoms with E-state index in [2.05, 4.69) is 20.2 Å². The van der Waals surface area contributed by atoms with Crippen molar-refractivity contribution in [2.45, 2.75) is 45.5 Å². The highest BCUT2D eigenvalue weighted by molar-refractivity contribution is 7.15. The van der Waals surface area contributed by atoms with Crippen LogP contribution in [0.15, 0.2) is 24.5 Å². The molecule has 0 aromatic carbocycles. The molecule has 0 saturated carbocycles. The summed E-state index contributed by atoms with van der Waals surface area (Å²) in [5, 5.41) is 3.19. The molecule has 1 spiro atoms. The van der Waals surface area contributed by atoms with Gasteiger partial charge < -0.3 is 5.32 Å². The molecule has 12 heteroatoms. The smallest absolute Gasteiger partial charge is 0.302 e. The Morgan fingerprint density at radius 1 is 1.15 bits per heavy atom. The monoisotopic (exact) mass is 481 g/mol. The number of halogens is 3. The van der Waals surface area contributed by atoms with Gasteiger partial charge in [-0.25, -0.2) is 4.98 Å². The molecule has 4 heterocycles. The lowest BCUT2D eigenvalue weighted by Crippen LogP contribution is -2.44. The quantitative estimate of drug-likeness (QED) is 0.660. The van der Waals surface area contributed by atoms with Crippen molar-refractivity contribution in [3.63, 3.8) is 0 Å². The number of thiazole rings is 1. The van der Waals surface area contributed by atoms with Crippen LogP contribution in [0.3, 0.4) is 0 Å². The number of likely N-dealkylation sites (tertiary alicyclic amines) is 2. The van der Waals surface area contributed by atoms with Gasteiger partial charge in [0.05, 0.1) is 12.0 Å². The molecule has 1 N–H and O–H groups in total.